The van der Waals surface area contributed by atoms with Crippen molar-refractivity contribution in [3.05, 3.63) is 47.5 Å². The zero-order chi connectivity index (χ0) is 17.1. The van der Waals surface area contributed by atoms with Gasteiger partial charge in [0, 0.05) is 35.4 Å². The Hall–Kier alpha value is -2.08. The normalized spacial score (nSPS) is 20.0. The Morgan fingerprint density at radius 3 is 2.67 bits per heavy atom. The Balaban J connectivity index is 1.80. The summed E-state index contributed by atoms with van der Waals surface area (Å²) in [5, 5.41) is 0. The van der Waals surface area contributed by atoms with Gasteiger partial charge in [0.05, 0.1) is 17.2 Å². The van der Waals surface area contributed by atoms with E-state index in [0.29, 0.717) is 6.42 Å². The van der Waals surface area contributed by atoms with Crippen LogP contribution in [0.25, 0.3) is 16.9 Å². The topological polar surface area (TPSA) is 56.4 Å². The monoisotopic (exact) mass is 343 g/mol. The Kier molecular flexibility index (Phi) is 3.35. The Morgan fingerprint density at radius 2 is 1.96 bits per heavy atom. The molecular weight excluding hydrogens is 322 g/mol. The van der Waals surface area contributed by atoms with Crippen molar-refractivity contribution in [1.29, 1.82) is 0 Å². The molecule has 6 heteroatoms. The van der Waals surface area contributed by atoms with Gasteiger partial charge in [0.25, 0.3) is 0 Å². The number of hydrogen-bond donors (Lipinski definition) is 0. The lowest BCUT2D eigenvalue weighted by molar-refractivity contribution is 0.536. The number of imidazole rings is 1. The molecule has 1 aliphatic rings. The maximum absolute atomic E-state index is 11.8. The number of aryl methyl sites for hydroxylation is 2. The molecule has 0 spiro atoms. The van der Waals surface area contributed by atoms with Crippen molar-refractivity contribution < 1.29 is 8.42 Å². The first-order chi connectivity index (χ1) is 11.3. The highest BCUT2D eigenvalue weighted by atomic mass is 32.2. The van der Waals surface area contributed by atoms with Crippen LogP contribution in [-0.2, 0) is 9.84 Å². The van der Waals surface area contributed by atoms with E-state index in [-0.39, 0.29) is 17.5 Å². The molecule has 1 fully saturated rings. The fourth-order valence-electron chi connectivity index (χ4n) is 3.81. The summed E-state index contributed by atoms with van der Waals surface area (Å²) < 4.78 is 27.9. The van der Waals surface area contributed by atoms with Gasteiger partial charge in [-0.1, -0.05) is 6.07 Å². The molecule has 1 aliphatic heterocycles. The van der Waals surface area contributed by atoms with E-state index in [1.807, 2.05) is 23.6 Å². The van der Waals surface area contributed by atoms with Gasteiger partial charge in [0.1, 0.15) is 5.65 Å². The van der Waals surface area contributed by atoms with Gasteiger partial charge in [-0.05, 0) is 44.9 Å². The molecule has 0 radical (unpaired) electrons. The number of fused-ring (bicyclic) bond motifs is 1. The number of rotatable bonds is 2. The molecule has 0 saturated carbocycles. The molecule has 3 aromatic heterocycles. The van der Waals surface area contributed by atoms with E-state index < -0.39 is 9.84 Å². The third-order valence-corrected chi connectivity index (χ3v) is 6.68. The number of pyridine rings is 1. The van der Waals surface area contributed by atoms with E-state index in [9.17, 15) is 8.42 Å². The smallest absolute Gasteiger partial charge is 0.152 e. The summed E-state index contributed by atoms with van der Waals surface area (Å²) in [5.74, 6) is 0.533. The summed E-state index contributed by atoms with van der Waals surface area (Å²) in [6.45, 7) is 6.16. The molecule has 1 atom stereocenters. The van der Waals surface area contributed by atoms with Crippen molar-refractivity contribution in [2.45, 2.75) is 33.2 Å². The van der Waals surface area contributed by atoms with Crippen LogP contribution in [0.15, 0.2) is 30.6 Å². The summed E-state index contributed by atoms with van der Waals surface area (Å²) in [4.78, 5) is 4.73. The van der Waals surface area contributed by atoms with Crippen LogP contribution < -0.4 is 0 Å². The Labute approximate surface area is 141 Å². The minimum atomic E-state index is -2.90. The van der Waals surface area contributed by atoms with Crippen molar-refractivity contribution in [3.63, 3.8) is 0 Å². The second-order valence-electron chi connectivity index (χ2n) is 6.81. The molecule has 1 saturated heterocycles. The molecule has 0 aliphatic carbocycles. The SMILES string of the molecule is Cc1ccc2nc(-c3cc(C)n(C4CCS(=O)(=O)C4)c3C)cn2c1. The van der Waals surface area contributed by atoms with E-state index in [0.717, 1.165) is 28.3 Å². The highest BCUT2D eigenvalue weighted by Gasteiger charge is 2.31. The van der Waals surface area contributed by atoms with Crippen molar-refractivity contribution in [1.82, 2.24) is 14.0 Å². The van der Waals surface area contributed by atoms with Crippen LogP contribution in [0.3, 0.4) is 0 Å². The second-order valence-corrected chi connectivity index (χ2v) is 9.04. The lowest BCUT2D eigenvalue weighted by Crippen LogP contribution is -2.13. The Bertz CT molecular complexity index is 1040. The molecule has 1 unspecified atom stereocenters. The van der Waals surface area contributed by atoms with Crippen molar-refractivity contribution in [2.24, 2.45) is 0 Å². The van der Waals surface area contributed by atoms with Crippen LogP contribution in [0.5, 0.6) is 0 Å². The first-order valence-corrected chi connectivity index (χ1v) is 10.0. The van der Waals surface area contributed by atoms with Crippen LogP contribution in [0.1, 0.15) is 29.4 Å². The molecule has 0 N–H and O–H groups in total. The van der Waals surface area contributed by atoms with Crippen LogP contribution in [0.2, 0.25) is 0 Å². The summed E-state index contributed by atoms with van der Waals surface area (Å²) in [5.41, 5.74) is 6.31. The number of hydrogen-bond acceptors (Lipinski definition) is 3. The number of sulfone groups is 1. The van der Waals surface area contributed by atoms with Gasteiger partial charge in [0.2, 0.25) is 0 Å². The van der Waals surface area contributed by atoms with Gasteiger partial charge in [-0.2, -0.15) is 0 Å². The largest absolute Gasteiger partial charge is 0.344 e. The maximum Gasteiger partial charge on any atom is 0.152 e. The van der Waals surface area contributed by atoms with Crippen molar-refractivity contribution in [2.75, 3.05) is 11.5 Å². The maximum atomic E-state index is 11.8. The van der Waals surface area contributed by atoms with Gasteiger partial charge >= 0.3 is 0 Å². The predicted octanol–water partition coefficient (Wildman–Crippen LogP) is 3.09. The molecule has 4 rings (SSSR count). The third-order valence-electron chi connectivity index (χ3n) is 4.93. The standard InChI is InChI=1S/C18H21N3O2S/c1-12-4-5-18-19-17(10-20(18)9-12)16-8-13(2)21(14(16)3)15-6-7-24(22,23)11-15/h4-5,8-10,15H,6-7,11H2,1-3H3. The minimum absolute atomic E-state index is 0.0445. The molecule has 0 amide bonds. The first-order valence-electron chi connectivity index (χ1n) is 8.19. The molecule has 126 valence electrons. The van der Waals surface area contributed by atoms with Crippen LogP contribution in [0, 0.1) is 20.8 Å². The molecule has 24 heavy (non-hydrogen) atoms. The summed E-state index contributed by atoms with van der Waals surface area (Å²) in [7, 11) is -2.90. The van der Waals surface area contributed by atoms with Crippen LogP contribution >= 0.6 is 0 Å². The van der Waals surface area contributed by atoms with Crippen LogP contribution in [-0.4, -0.2) is 33.9 Å². The molecule has 4 heterocycles. The molecule has 3 aromatic rings. The predicted molar refractivity (Wildman–Crippen MR) is 95.1 cm³/mol. The third kappa shape index (κ3) is 2.45. The van der Waals surface area contributed by atoms with Gasteiger partial charge < -0.3 is 8.97 Å². The Morgan fingerprint density at radius 1 is 1.17 bits per heavy atom. The molecule has 5 nitrogen and oxygen atoms in total. The average Bonchev–Trinajstić information content (AvgIpc) is 3.14. The van der Waals surface area contributed by atoms with Gasteiger partial charge in [0.15, 0.2) is 9.84 Å². The lowest BCUT2D eigenvalue weighted by Gasteiger charge is -2.16. The fourth-order valence-corrected chi connectivity index (χ4v) is 5.51. The van der Waals surface area contributed by atoms with E-state index in [4.69, 9.17) is 4.98 Å². The zero-order valence-corrected chi connectivity index (χ0v) is 15.0. The van der Waals surface area contributed by atoms with E-state index in [1.54, 1.807) is 0 Å². The van der Waals surface area contributed by atoms with Gasteiger partial charge in [-0.3, -0.25) is 0 Å². The molecule has 0 bridgehead atoms. The van der Waals surface area contributed by atoms with Crippen molar-refractivity contribution in [3.8, 4) is 11.3 Å². The summed E-state index contributed by atoms with van der Waals surface area (Å²) >= 11 is 0. The summed E-state index contributed by atoms with van der Waals surface area (Å²) in [6.07, 6.45) is 4.80. The average molecular weight is 343 g/mol. The first kappa shape index (κ1) is 15.4. The summed E-state index contributed by atoms with van der Waals surface area (Å²) in [6, 6.07) is 6.23. The van der Waals surface area contributed by atoms with E-state index >= 15 is 0 Å². The number of aromatic nitrogens is 3. The highest BCUT2D eigenvalue weighted by molar-refractivity contribution is 7.91. The highest BCUT2D eigenvalue weighted by Crippen LogP contribution is 2.33. The minimum Gasteiger partial charge on any atom is -0.344 e. The fraction of sp³-hybridized carbons (Fsp3) is 0.389. The zero-order valence-electron chi connectivity index (χ0n) is 14.2. The van der Waals surface area contributed by atoms with Crippen LogP contribution in [0.4, 0.5) is 0 Å². The molecule has 0 aromatic carbocycles. The van der Waals surface area contributed by atoms with E-state index in [1.165, 1.54) is 5.56 Å². The van der Waals surface area contributed by atoms with Gasteiger partial charge in [-0.25, -0.2) is 13.4 Å². The quantitative estimate of drug-likeness (QED) is 0.718. The van der Waals surface area contributed by atoms with Gasteiger partial charge in [-0.15, -0.1) is 0 Å². The lowest BCUT2D eigenvalue weighted by atomic mass is 10.2. The van der Waals surface area contributed by atoms with Crippen molar-refractivity contribution >= 4 is 15.5 Å². The van der Waals surface area contributed by atoms with E-state index in [2.05, 4.69) is 36.7 Å². The second kappa shape index (κ2) is 5.21. The number of nitrogens with zero attached hydrogens (tertiary/aromatic N) is 3. The molecular formula is C18H21N3O2S.